The lowest BCUT2D eigenvalue weighted by Crippen LogP contribution is -2.32. The van der Waals surface area contributed by atoms with E-state index >= 15 is 0 Å². The first-order valence-electron chi connectivity index (χ1n) is 7.36. The number of hydrogen-bond donors (Lipinski definition) is 1. The third-order valence-corrected chi connectivity index (χ3v) is 5.14. The number of nitrogens with zero attached hydrogens (tertiary/aromatic N) is 1. The normalized spacial score (nSPS) is 19.5. The lowest BCUT2D eigenvalue weighted by molar-refractivity contribution is -0.129. The lowest BCUT2D eigenvalue weighted by Gasteiger charge is -2.27. The maximum Gasteiger partial charge on any atom is 0.233 e. The highest BCUT2D eigenvalue weighted by atomic mass is 32.2. The molecule has 3 rings (SSSR count). The largest absolute Gasteiger partial charge is 0.387 e. The highest BCUT2D eigenvalue weighted by Crippen LogP contribution is 2.39. The summed E-state index contributed by atoms with van der Waals surface area (Å²) in [7, 11) is 0. The van der Waals surface area contributed by atoms with E-state index in [0.717, 1.165) is 11.1 Å². The van der Waals surface area contributed by atoms with Crippen LogP contribution < -0.4 is 0 Å². The Morgan fingerprint density at radius 1 is 1.18 bits per heavy atom. The van der Waals surface area contributed by atoms with Crippen LogP contribution in [0.5, 0.6) is 0 Å². The SMILES string of the molecule is Cc1ccc([C@H]2SCC(=O)N2C[C@H](O)c2ccccc2)cc1. The van der Waals surface area contributed by atoms with Gasteiger partial charge in [-0.25, -0.2) is 0 Å². The van der Waals surface area contributed by atoms with Crippen LogP contribution in [-0.4, -0.2) is 28.2 Å². The van der Waals surface area contributed by atoms with Gasteiger partial charge in [0.15, 0.2) is 0 Å². The predicted octanol–water partition coefficient (Wildman–Crippen LogP) is 3.30. The maximum atomic E-state index is 12.2. The van der Waals surface area contributed by atoms with Crippen LogP contribution in [0.15, 0.2) is 54.6 Å². The molecule has 2 aromatic rings. The highest BCUT2D eigenvalue weighted by Gasteiger charge is 2.34. The number of aliphatic hydroxyl groups is 1. The van der Waals surface area contributed by atoms with Crippen LogP contribution in [0.2, 0.25) is 0 Å². The Bertz CT molecular complexity index is 642. The molecule has 1 heterocycles. The van der Waals surface area contributed by atoms with Gasteiger partial charge in [-0.1, -0.05) is 60.2 Å². The molecule has 22 heavy (non-hydrogen) atoms. The molecular weight excluding hydrogens is 294 g/mol. The topological polar surface area (TPSA) is 40.5 Å². The molecule has 4 heteroatoms. The number of amides is 1. The number of carbonyl (C=O) groups is 1. The van der Waals surface area contributed by atoms with Crippen LogP contribution in [-0.2, 0) is 4.79 Å². The van der Waals surface area contributed by atoms with E-state index in [0.29, 0.717) is 12.3 Å². The molecule has 2 aromatic carbocycles. The van der Waals surface area contributed by atoms with Crippen molar-refractivity contribution in [2.45, 2.75) is 18.4 Å². The van der Waals surface area contributed by atoms with Crippen molar-refractivity contribution in [3.63, 3.8) is 0 Å². The van der Waals surface area contributed by atoms with Gasteiger partial charge in [0.1, 0.15) is 5.37 Å². The molecule has 1 N–H and O–H groups in total. The number of aryl methyl sites for hydroxylation is 1. The smallest absolute Gasteiger partial charge is 0.233 e. The summed E-state index contributed by atoms with van der Waals surface area (Å²) in [6.45, 7) is 2.38. The van der Waals surface area contributed by atoms with Crippen molar-refractivity contribution in [2.24, 2.45) is 0 Å². The minimum absolute atomic E-state index is 0.00791. The lowest BCUT2D eigenvalue weighted by atomic mass is 10.1. The molecule has 1 amide bonds. The maximum absolute atomic E-state index is 12.2. The zero-order valence-corrected chi connectivity index (χ0v) is 13.3. The van der Waals surface area contributed by atoms with Crippen molar-refractivity contribution < 1.29 is 9.90 Å². The van der Waals surface area contributed by atoms with Crippen molar-refractivity contribution in [1.82, 2.24) is 4.90 Å². The van der Waals surface area contributed by atoms with Crippen molar-refractivity contribution in [3.05, 3.63) is 71.3 Å². The fraction of sp³-hybridized carbons (Fsp3) is 0.278. The first-order chi connectivity index (χ1) is 10.6. The molecule has 0 aliphatic carbocycles. The second-order valence-electron chi connectivity index (χ2n) is 5.55. The average molecular weight is 313 g/mol. The number of hydrogen-bond acceptors (Lipinski definition) is 3. The van der Waals surface area contributed by atoms with E-state index in [4.69, 9.17) is 0 Å². The van der Waals surface area contributed by atoms with Gasteiger partial charge in [-0.2, -0.15) is 0 Å². The summed E-state index contributed by atoms with van der Waals surface area (Å²) in [6.07, 6.45) is -0.656. The molecule has 0 spiro atoms. The molecule has 114 valence electrons. The fourth-order valence-electron chi connectivity index (χ4n) is 2.63. The van der Waals surface area contributed by atoms with Crippen LogP contribution in [0.1, 0.15) is 28.2 Å². The average Bonchev–Trinajstić information content (AvgIpc) is 2.90. The third-order valence-electron chi connectivity index (χ3n) is 3.88. The van der Waals surface area contributed by atoms with Crippen molar-refractivity contribution in [1.29, 1.82) is 0 Å². The number of thioether (sulfide) groups is 1. The van der Waals surface area contributed by atoms with Crippen LogP contribution in [0.25, 0.3) is 0 Å². The van der Waals surface area contributed by atoms with E-state index in [9.17, 15) is 9.90 Å². The number of aliphatic hydroxyl groups excluding tert-OH is 1. The molecular formula is C18H19NO2S. The Labute approximate surface area is 135 Å². The molecule has 0 radical (unpaired) electrons. The molecule has 3 nitrogen and oxygen atoms in total. The van der Waals surface area contributed by atoms with Crippen LogP contribution >= 0.6 is 11.8 Å². The van der Waals surface area contributed by atoms with Crippen LogP contribution in [0.3, 0.4) is 0 Å². The highest BCUT2D eigenvalue weighted by molar-refractivity contribution is 8.00. The summed E-state index contributed by atoms with van der Waals surface area (Å²) < 4.78 is 0. The monoisotopic (exact) mass is 313 g/mol. The van der Waals surface area contributed by atoms with E-state index in [1.54, 1.807) is 16.7 Å². The molecule has 0 saturated carbocycles. The van der Waals surface area contributed by atoms with Gasteiger partial charge in [0, 0.05) is 0 Å². The predicted molar refractivity (Wildman–Crippen MR) is 89.5 cm³/mol. The second-order valence-corrected chi connectivity index (χ2v) is 6.62. The number of rotatable bonds is 4. The quantitative estimate of drug-likeness (QED) is 0.941. The minimum atomic E-state index is -0.656. The van der Waals surface area contributed by atoms with Crippen molar-refractivity contribution in [3.8, 4) is 0 Å². The molecule has 1 aliphatic rings. The number of benzene rings is 2. The van der Waals surface area contributed by atoms with Gasteiger partial charge in [0.05, 0.1) is 18.4 Å². The Hall–Kier alpha value is -1.78. The molecule has 1 aliphatic heterocycles. The van der Waals surface area contributed by atoms with Gasteiger partial charge < -0.3 is 10.0 Å². The standard InChI is InChI=1S/C18H19NO2S/c1-13-7-9-15(10-8-13)18-19(17(21)12-22-18)11-16(20)14-5-3-2-4-6-14/h2-10,16,18,20H,11-12H2,1H3/t16-,18+/m0/s1. The Kier molecular flexibility index (Phi) is 4.50. The Balaban J connectivity index is 1.78. The first kappa shape index (κ1) is 15.1. The molecule has 1 saturated heterocycles. The zero-order valence-electron chi connectivity index (χ0n) is 12.5. The summed E-state index contributed by atoms with van der Waals surface area (Å²) in [5.41, 5.74) is 3.16. The van der Waals surface area contributed by atoms with E-state index in [-0.39, 0.29) is 11.3 Å². The van der Waals surface area contributed by atoms with Gasteiger partial charge in [-0.15, -0.1) is 11.8 Å². The summed E-state index contributed by atoms with van der Waals surface area (Å²) >= 11 is 1.62. The number of carbonyl (C=O) groups excluding carboxylic acids is 1. The van der Waals surface area contributed by atoms with E-state index in [1.807, 2.05) is 37.3 Å². The summed E-state index contributed by atoms with van der Waals surface area (Å²) in [5, 5.41) is 10.4. The molecule has 0 aromatic heterocycles. The van der Waals surface area contributed by atoms with E-state index in [2.05, 4.69) is 24.3 Å². The number of β-amino-alcohol motifs (C(OH)–C–C–N with tert-alkyl or cyclic N) is 1. The first-order valence-corrected chi connectivity index (χ1v) is 8.40. The molecule has 2 atom stereocenters. The summed E-state index contributed by atoms with van der Waals surface area (Å²) in [6, 6.07) is 17.7. The molecule has 0 unspecified atom stereocenters. The van der Waals surface area contributed by atoms with Gasteiger partial charge in [-0.3, -0.25) is 4.79 Å². The molecule has 0 bridgehead atoms. The van der Waals surface area contributed by atoms with Crippen molar-refractivity contribution >= 4 is 17.7 Å². The van der Waals surface area contributed by atoms with E-state index < -0.39 is 6.10 Å². The second kappa shape index (κ2) is 6.55. The van der Waals surface area contributed by atoms with E-state index in [1.165, 1.54) is 5.56 Å². The van der Waals surface area contributed by atoms with Crippen LogP contribution in [0.4, 0.5) is 0 Å². The summed E-state index contributed by atoms with van der Waals surface area (Å²) in [4.78, 5) is 14.0. The third kappa shape index (κ3) is 3.18. The van der Waals surface area contributed by atoms with Crippen LogP contribution in [0, 0.1) is 6.92 Å². The summed E-state index contributed by atoms with van der Waals surface area (Å²) in [5.74, 6) is 0.561. The van der Waals surface area contributed by atoms with Gasteiger partial charge in [0.25, 0.3) is 0 Å². The van der Waals surface area contributed by atoms with Gasteiger partial charge >= 0.3 is 0 Å². The fourth-order valence-corrected chi connectivity index (χ4v) is 3.83. The minimum Gasteiger partial charge on any atom is -0.387 e. The Morgan fingerprint density at radius 2 is 1.86 bits per heavy atom. The zero-order chi connectivity index (χ0) is 15.5. The Morgan fingerprint density at radius 3 is 2.55 bits per heavy atom. The van der Waals surface area contributed by atoms with Gasteiger partial charge in [-0.05, 0) is 18.1 Å². The molecule has 1 fully saturated rings. The van der Waals surface area contributed by atoms with Gasteiger partial charge in [0.2, 0.25) is 5.91 Å². The van der Waals surface area contributed by atoms with Crippen molar-refractivity contribution in [2.75, 3.05) is 12.3 Å².